The van der Waals surface area contributed by atoms with Crippen molar-refractivity contribution in [3.8, 4) is 0 Å². The summed E-state index contributed by atoms with van der Waals surface area (Å²) < 4.78 is 4.62. The van der Waals surface area contributed by atoms with Crippen LogP contribution in [0.5, 0.6) is 0 Å². The first kappa shape index (κ1) is 12.8. The molecule has 5 nitrogen and oxygen atoms in total. The Morgan fingerprint density at radius 2 is 1.89 bits per heavy atom. The van der Waals surface area contributed by atoms with Gasteiger partial charge in [0.25, 0.3) is 0 Å². The number of carbonyl (C=O) groups is 1. The first-order valence-electron chi connectivity index (χ1n) is 5.97. The van der Waals surface area contributed by atoms with Crippen molar-refractivity contribution in [2.75, 3.05) is 12.4 Å². The molecular formula is C13H19N3O2. The third-order valence-electron chi connectivity index (χ3n) is 4.34. The van der Waals surface area contributed by atoms with Crippen LogP contribution in [0.3, 0.4) is 0 Å². The van der Waals surface area contributed by atoms with Crippen LogP contribution in [0.4, 0.5) is 5.82 Å². The zero-order chi connectivity index (χ0) is 13.6. The molecule has 5 heteroatoms. The predicted molar refractivity (Wildman–Crippen MR) is 68.3 cm³/mol. The Hall–Kier alpha value is -1.65. The van der Waals surface area contributed by atoms with Gasteiger partial charge in [-0.2, -0.15) is 0 Å². The number of anilines is 1. The summed E-state index contributed by atoms with van der Waals surface area (Å²) in [6, 6.07) is 0.326. The zero-order valence-electron chi connectivity index (χ0n) is 11.4. The molecule has 0 unspecified atom stereocenters. The summed E-state index contributed by atoms with van der Waals surface area (Å²) >= 11 is 0. The number of hydrogen-bond donors (Lipinski definition) is 1. The van der Waals surface area contributed by atoms with Crippen LogP contribution >= 0.6 is 0 Å². The number of nitrogens with one attached hydrogen (secondary N) is 1. The monoisotopic (exact) mass is 249 g/mol. The highest BCUT2D eigenvalue weighted by atomic mass is 16.5. The van der Waals surface area contributed by atoms with Gasteiger partial charge in [-0.3, -0.25) is 4.98 Å². The molecule has 1 aliphatic carbocycles. The predicted octanol–water partition coefficient (Wildman–Crippen LogP) is 2.11. The maximum absolute atomic E-state index is 11.4. The second-order valence-electron chi connectivity index (χ2n) is 5.80. The lowest BCUT2D eigenvalue weighted by molar-refractivity contribution is 0.0593. The van der Waals surface area contributed by atoms with Gasteiger partial charge in [0, 0.05) is 6.04 Å². The van der Waals surface area contributed by atoms with Gasteiger partial charge >= 0.3 is 5.97 Å². The zero-order valence-corrected chi connectivity index (χ0v) is 11.4. The van der Waals surface area contributed by atoms with Crippen molar-refractivity contribution in [1.82, 2.24) is 9.97 Å². The Labute approximate surface area is 107 Å². The van der Waals surface area contributed by atoms with Gasteiger partial charge < -0.3 is 10.1 Å². The largest absolute Gasteiger partial charge is 0.464 e. The van der Waals surface area contributed by atoms with Gasteiger partial charge in [0.1, 0.15) is 5.82 Å². The van der Waals surface area contributed by atoms with Gasteiger partial charge in [0.2, 0.25) is 0 Å². The minimum atomic E-state index is -0.472. The number of aromatic nitrogens is 2. The van der Waals surface area contributed by atoms with E-state index in [2.05, 4.69) is 47.7 Å². The molecule has 18 heavy (non-hydrogen) atoms. The Kier molecular flexibility index (Phi) is 2.80. The highest BCUT2D eigenvalue weighted by molar-refractivity contribution is 5.87. The van der Waals surface area contributed by atoms with Crippen molar-refractivity contribution in [3.63, 3.8) is 0 Å². The summed E-state index contributed by atoms with van der Waals surface area (Å²) in [5.41, 5.74) is 0.630. The molecule has 2 rings (SSSR count). The number of rotatable bonds is 3. The molecule has 0 atom stereocenters. The van der Waals surface area contributed by atoms with E-state index in [1.54, 1.807) is 6.20 Å². The number of esters is 1. The number of ether oxygens (including phenoxy) is 1. The number of nitrogens with zero attached hydrogens (tertiary/aromatic N) is 2. The quantitative estimate of drug-likeness (QED) is 0.831. The lowest BCUT2D eigenvalue weighted by Gasteiger charge is -2.07. The van der Waals surface area contributed by atoms with Crippen molar-refractivity contribution < 1.29 is 9.53 Å². The molecule has 0 amide bonds. The molecule has 1 N–H and O–H groups in total. The summed E-state index contributed by atoms with van der Waals surface area (Å²) in [6.45, 7) is 8.84. The average Bonchev–Trinajstić information content (AvgIpc) is 2.71. The van der Waals surface area contributed by atoms with Crippen molar-refractivity contribution in [3.05, 3.63) is 18.1 Å². The maximum Gasteiger partial charge on any atom is 0.358 e. The van der Waals surface area contributed by atoms with Gasteiger partial charge in [-0.05, 0) is 10.8 Å². The topological polar surface area (TPSA) is 64.1 Å². The average molecular weight is 249 g/mol. The highest BCUT2D eigenvalue weighted by Crippen LogP contribution is 2.63. The van der Waals surface area contributed by atoms with E-state index in [1.807, 2.05) is 0 Å². The third-order valence-corrected chi connectivity index (χ3v) is 4.34. The number of hydrogen-bond acceptors (Lipinski definition) is 5. The number of carbonyl (C=O) groups excluding carboxylic acids is 1. The lowest BCUT2D eigenvalue weighted by Crippen LogP contribution is -2.13. The van der Waals surface area contributed by atoms with E-state index in [1.165, 1.54) is 13.3 Å². The van der Waals surface area contributed by atoms with E-state index >= 15 is 0 Å². The molecule has 1 saturated carbocycles. The molecule has 0 aliphatic heterocycles. The van der Waals surface area contributed by atoms with Crippen LogP contribution in [-0.2, 0) is 4.74 Å². The standard InChI is InChI=1S/C13H19N3O2/c1-12(2)11(13(12,3)4)16-9-7-14-6-8(15-9)10(17)18-5/h6-7,11H,1-5H3,(H,15,16). The molecule has 1 aromatic rings. The van der Waals surface area contributed by atoms with Crippen LogP contribution in [0.25, 0.3) is 0 Å². The van der Waals surface area contributed by atoms with E-state index in [0.29, 0.717) is 11.9 Å². The first-order chi connectivity index (χ1) is 8.30. The molecule has 0 radical (unpaired) electrons. The Morgan fingerprint density at radius 3 is 2.39 bits per heavy atom. The maximum atomic E-state index is 11.4. The Morgan fingerprint density at radius 1 is 1.28 bits per heavy atom. The van der Waals surface area contributed by atoms with Gasteiger partial charge in [-0.25, -0.2) is 9.78 Å². The highest BCUT2D eigenvalue weighted by Gasteiger charge is 2.65. The van der Waals surface area contributed by atoms with E-state index < -0.39 is 5.97 Å². The summed E-state index contributed by atoms with van der Waals surface area (Å²) in [4.78, 5) is 19.6. The van der Waals surface area contributed by atoms with Crippen LogP contribution in [0, 0.1) is 10.8 Å². The second kappa shape index (κ2) is 3.93. The fraction of sp³-hybridized carbons (Fsp3) is 0.615. The van der Waals surface area contributed by atoms with Crippen LogP contribution < -0.4 is 5.32 Å². The fourth-order valence-corrected chi connectivity index (χ4v) is 2.34. The molecular weight excluding hydrogens is 230 g/mol. The molecule has 0 spiro atoms. The minimum Gasteiger partial charge on any atom is -0.464 e. The van der Waals surface area contributed by atoms with Gasteiger partial charge in [0.05, 0.1) is 19.5 Å². The van der Waals surface area contributed by atoms with E-state index in [0.717, 1.165) is 0 Å². The van der Waals surface area contributed by atoms with Crippen molar-refractivity contribution in [2.24, 2.45) is 10.8 Å². The fourth-order valence-electron chi connectivity index (χ4n) is 2.34. The molecule has 98 valence electrons. The van der Waals surface area contributed by atoms with Crippen LogP contribution in [0.2, 0.25) is 0 Å². The van der Waals surface area contributed by atoms with Crippen molar-refractivity contribution in [2.45, 2.75) is 33.7 Å². The van der Waals surface area contributed by atoms with Crippen LogP contribution in [0.1, 0.15) is 38.2 Å². The molecule has 0 aromatic carbocycles. The van der Waals surface area contributed by atoms with Crippen molar-refractivity contribution in [1.29, 1.82) is 0 Å². The van der Waals surface area contributed by atoms with E-state index in [-0.39, 0.29) is 16.5 Å². The van der Waals surface area contributed by atoms with E-state index in [4.69, 9.17) is 0 Å². The molecule has 1 heterocycles. The third kappa shape index (κ3) is 1.83. The molecule has 0 saturated heterocycles. The summed E-state index contributed by atoms with van der Waals surface area (Å²) in [7, 11) is 1.33. The van der Waals surface area contributed by atoms with Crippen molar-refractivity contribution >= 4 is 11.8 Å². The second-order valence-corrected chi connectivity index (χ2v) is 5.80. The summed E-state index contributed by atoms with van der Waals surface area (Å²) in [6.07, 6.45) is 3.02. The summed E-state index contributed by atoms with van der Waals surface area (Å²) in [5.74, 6) is 0.141. The van der Waals surface area contributed by atoms with Crippen LogP contribution in [0.15, 0.2) is 12.4 Å². The minimum absolute atomic E-state index is 0.204. The van der Waals surface area contributed by atoms with E-state index in [9.17, 15) is 4.79 Å². The molecule has 1 aromatic heterocycles. The van der Waals surface area contributed by atoms with Gasteiger partial charge in [0.15, 0.2) is 5.69 Å². The number of methoxy groups -OCH3 is 1. The summed E-state index contributed by atoms with van der Waals surface area (Å²) in [5, 5.41) is 3.33. The smallest absolute Gasteiger partial charge is 0.358 e. The normalized spacial score (nSPS) is 20.3. The molecule has 1 aliphatic rings. The SMILES string of the molecule is COC(=O)c1cncc(NC2C(C)(C)C2(C)C)n1. The lowest BCUT2D eigenvalue weighted by atomic mass is 10.0. The Bertz CT molecular complexity index is 469. The first-order valence-corrected chi connectivity index (χ1v) is 5.97. The van der Waals surface area contributed by atoms with Crippen LogP contribution in [-0.4, -0.2) is 29.1 Å². The van der Waals surface area contributed by atoms with Gasteiger partial charge in [-0.1, -0.05) is 27.7 Å². The van der Waals surface area contributed by atoms with Gasteiger partial charge in [-0.15, -0.1) is 0 Å². The molecule has 0 bridgehead atoms. The Balaban J connectivity index is 2.15. The molecule has 1 fully saturated rings.